The number of carbonyl (C=O) groups excluding carboxylic acids is 1. The molecule has 1 amide bonds. The Hall–Kier alpha value is -1.06. The lowest BCUT2D eigenvalue weighted by atomic mass is 9.90. The number of hydrogen-bond acceptors (Lipinski definition) is 2. The van der Waals surface area contributed by atoms with Crippen molar-refractivity contribution in [2.75, 3.05) is 11.9 Å². The number of rotatable bonds is 3. The van der Waals surface area contributed by atoms with Crippen LogP contribution in [-0.2, 0) is 4.79 Å². The largest absolute Gasteiger partial charge is 0.324 e. The van der Waals surface area contributed by atoms with Crippen LogP contribution in [0, 0.1) is 12.8 Å². The lowest BCUT2D eigenvalue weighted by Crippen LogP contribution is -2.46. The van der Waals surface area contributed by atoms with Crippen molar-refractivity contribution in [3.05, 3.63) is 28.8 Å². The van der Waals surface area contributed by atoms with Gasteiger partial charge in [0.05, 0.1) is 6.04 Å². The molecule has 2 atom stereocenters. The van der Waals surface area contributed by atoms with Crippen molar-refractivity contribution in [1.29, 1.82) is 0 Å². The Morgan fingerprint density at radius 3 is 3.00 bits per heavy atom. The number of benzene rings is 1. The van der Waals surface area contributed by atoms with E-state index in [1.165, 1.54) is 6.42 Å². The highest BCUT2D eigenvalue weighted by Gasteiger charge is 2.26. The molecule has 19 heavy (non-hydrogen) atoms. The molecule has 1 aliphatic heterocycles. The SMILES string of the molecule is CCC1CCNC(C(=O)Nc2ccc(Cl)cc2C)C1. The molecular formula is C15H21ClN2O. The van der Waals surface area contributed by atoms with E-state index in [1.54, 1.807) is 6.07 Å². The van der Waals surface area contributed by atoms with Gasteiger partial charge in [0, 0.05) is 10.7 Å². The first-order chi connectivity index (χ1) is 9.10. The maximum Gasteiger partial charge on any atom is 0.241 e. The van der Waals surface area contributed by atoms with Gasteiger partial charge in [0.2, 0.25) is 5.91 Å². The maximum atomic E-state index is 12.3. The molecule has 2 rings (SSSR count). The van der Waals surface area contributed by atoms with Gasteiger partial charge in [0.15, 0.2) is 0 Å². The molecule has 1 saturated heterocycles. The molecule has 2 N–H and O–H groups in total. The normalized spacial score (nSPS) is 23.1. The molecule has 0 bridgehead atoms. The number of piperidine rings is 1. The van der Waals surface area contributed by atoms with Crippen LogP contribution in [0.4, 0.5) is 5.69 Å². The molecule has 0 spiro atoms. The summed E-state index contributed by atoms with van der Waals surface area (Å²) in [5.74, 6) is 0.715. The van der Waals surface area contributed by atoms with Crippen LogP contribution in [0.25, 0.3) is 0 Å². The molecule has 0 saturated carbocycles. The number of halogens is 1. The molecule has 1 aliphatic rings. The average molecular weight is 281 g/mol. The first-order valence-electron chi connectivity index (χ1n) is 6.90. The van der Waals surface area contributed by atoms with Gasteiger partial charge in [-0.1, -0.05) is 24.9 Å². The minimum absolute atomic E-state index is 0.0589. The highest BCUT2D eigenvalue weighted by Crippen LogP contribution is 2.22. The van der Waals surface area contributed by atoms with Crippen molar-refractivity contribution < 1.29 is 4.79 Å². The second-order valence-corrected chi connectivity index (χ2v) is 5.69. The molecule has 1 aromatic carbocycles. The van der Waals surface area contributed by atoms with Crippen molar-refractivity contribution in [1.82, 2.24) is 5.32 Å². The topological polar surface area (TPSA) is 41.1 Å². The zero-order valence-corrected chi connectivity index (χ0v) is 12.3. The summed E-state index contributed by atoms with van der Waals surface area (Å²) < 4.78 is 0. The summed E-state index contributed by atoms with van der Waals surface area (Å²) in [6.07, 6.45) is 3.24. The quantitative estimate of drug-likeness (QED) is 0.891. The van der Waals surface area contributed by atoms with Gasteiger partial charge in [-0.15, -0.1) is 0 Å². The molecule has 2 unspecified atom stereocenters. The number of aryl methyl sites for hydroxylation is 1. The van der Waals surface area contributed by atoms with Gasteiger partial charge in [-0.05, 0) is 56.0 Å². The highest BCUT2D eigenvalue weighted by atomic mass is 35.5. The summed E-state index contributed by atoms with van der Waals surface area (Å²) in [4.78, 5) is 12.3. The van der Waals surface area contributed by atoms with Crippen LogP contribution < -0.4 is 10.6 Å². The van der Waals surface area contributed by atoms with Crippen molar-refractivity contribution in [3.8, 4) is 0 Å². The van der Waals surface area contributed by atoms with Crippen LogP contribution in [0.15, 0.2) is 18.2 Å². The Bertz CT molecular complexity index is 461. The third kappa shape index (κ3) is 3.71. The number of hydrogen-bond donors (Lipinski definition) is 2. The zero-order valence-electron chi connectivity index (χ0n) is 11.5. The van der Waals surface area contributed by atoms with E-state index in [-0.39, 0.29) is 11.9 Å². The van der Waals surface area contributed by atoms with Crippen molar-refractivity contribution in [2.45, 2.75) is 39.2 Å². The molecule has 3 nitrogen and oxygen atoms in total. The predicted octanol–water partition coefficient (Wildman–Crippen LogP) is 3.37. The van der Waals surface area contributed by atoms with E-state index >= 15 is 0 Å². The van der Waals surface area contributed by atoms with Gasteiger partial charge in [0.1, 0.15) is 0 Å². The molecule has 1 fully saturated rings. The van der Waals surface area contributed by atoms with Crippen LogP contribution >= 0.6 is 11.6 Å². The van der Waals surface area contributed by atoms with Crippen molar-refractivity contribution >= 4 is 23.2 Å². The van der Waals surface area contributed by atoms with Crippen LogP contribution in [0.1, 0.15) is 31.7 Å². The monoisotopic (exact) mass is 280 g/mol. The fourth-order valence-electron chi connectivity index (χ4n) is 2.55. The standard InChI is InChI=1S/C15H21ClN2O/c1-3-11-6-7-17-14(9-11)15(19)18-13-5-4-12(16)8-10(13)2/h4-5,8,11,14,17H,3,6-7,9H2,1-2H3,(H,18,19). The number of carbonyl (C=O) groups is 1. The summed E-state index contributed by atoms with van der Waals surface area (Å²) in [6, 6.07) is 5.44. The van der Waals surface area contributed by atoms with Crippen LogP contribution in [0.5, 0.6) is 0 Å². The third-order valence-electron chi connectivity index (χ3n) is 3.85. The number of amides is 1. The second kappa shape index (κ2) is 6.40. The highest BCUT2D eigenvalue weighted by molar-refractivity contribution is 6.30. The molecule has 0 aromatic heterocycles. The molecule has 1 heterocycles. The molecular weight excluding hydrogens is 260 g/mol. The van der Waals surface area contributed by atoms with Crippen LogP contribution in [0.3, 0.4) is 0 Å². The predicted molar refractivity (Wildman–Crippen MR) is 79.6 cm³/mol. The van der Waals surface area contributed by atoms with Gasteiger partial charge < -0.3 is 10.6 Å². The summed E-state index contributed by atoms with van der Waals surface area (Å²) in [6.45, 7) is 5.06. The second-order valence-electron chi connectivity index (χ2n) is 5.25. The Kier molecular flexibility index (Phi) is 4.83. The summed E-state index contributed by atoms with van der Waals surface area (Å²) in [5.41, 5.74) is 1.83. The first-order valence-corrected chi connectivity index (χ1v) is 7.28. The van der Waals surface area contributed by atoms with Gasteiger partial charge in [0.25, 0.3) is 0 Å². The van der Waals surface area contributed by atoms with E-state index < -0.39 is 0 Å². The van der Waals surface area contributed by atoms with Gasteiger partial charge in [-0.3, -0.25) is 4.79 Å². The Balaban J connectivity index is 2.00. The lowest BCUT2D eigenvalue weighted by Gasteiger charge is -2.29. The zero-order chi connectivity index (χ0) is 13.8. The minimum atomic E-state index is -0.0752. The molecule has 4 heteroatoms. The molecule has 0 radical (unpaired) electrons. The van der Waals surface area contributed by atoms with E-state index in [4.69, 9.17) is 11.6 Å². The Morgan fingerprint density at radius 2 is 2.32 bits per heavy atom. The molecule has 1 aromatic rings. The van der Waals surface area contributed by atoms with Gasteiger partial charge in [-0.2, -0.15) is 0 Å². The van der Waals surface area contributed by atoms with Gasteiger partial charge >= 0.3 is 0 Å². The smallest absolute Gasteiger partial charge is 0.241 e. The van der Waals surface area contributed by atoms with Crippen molar-refractivity contribution in [2.24, 2.45) is 5.92 Å². The lowest BCUT2D eigenvalue weighted by molar-refractivity contribution is -0.119. The summed E-state index contributed by atoms with van der Waals surface area (Å²) in [7, 11) is 0. The molecule has 104 valence electrons. The van der Waals surface area contributed by atoms with E-state index in [0.29, 0.717) is 10.9 Å². The van der Waals surface area contributed by atoms with Crippen LogP contribution in [-0.4, -0.2) is 18.5 Å². The number of nitrogens with one attached hydrogen (secondary N) is 2. The third-order valence-corrected chi connectivity index (χ3v) is 4.09. The average Bonchev–Trinajstić information content (AvgIpc) is 2.42. The summed E-state index contributed by atoms with van der Waals surface area (Å²) in [5, 5.41) is 6.98. The van der Waals surface area contributed by atoms with Crippen molar-refractivity contribution in [3.63, 3.8) is 0 Å². The van der Waals surface area contributed by atoms with E-state index in [0.717, 1.165) is 30.6 Å². The van der Waals surface area contributed by atoms with E-state index in [9.17, 15) is 4.79 Å². The maximum absolute atomic E-state index is 12.3. The van der Waals surface area contributed by atoms with E-state index in [2.05, 4.69) is 17.6 Å². The molecule has 0 aliphatic carbocycles. The number of anilines is 1. The first kappa shape index (κ1) is 14.4. The fourth-order valence-corrected chi connectivity index (χ4v) is 2.78. The van der Waals surface area contributed by atoms with E-state index in [1.807, 2.05) is 19.1 Å². The Morgan fingerprint density at radius 1 is 1.53 bits per heavy atom. The summed E-state index contributed by atoms with van der Waals surface area (Å²) >= 11 is 5.92. The Labute approximate surface area is 119 Å². The fraction of sp³-hybridized carbons (Fsp3) is 0.533. The van der Waals surface area contributed by atoms with Gasteiger partial charge in [-0.25, -0.2) is 0 Å². The minimum Gasteiger partial charge on any atom is -0.324 e. The van der Waals surface area contributed by atoms with Crippen LogP contribution in [0.2, 0.25) is 5.02 Å².